The third-order valence-corrected chi connectivity index (χ3v) is 4.53. The summed E-state index contributed by atoms with van der Waals surface area (Å²) >= 11 is 6.02. The van der Waals surface area contributed by atoms with Gasteiger partial charge in [-0.15, -0.1) is 0 Å². The minimum atomic E-state index is -4.49. The van der Waals surface area contributed by atoms with Gasteiger partial charge in [-0.05, 0) is 55.3 Å². The predicted molar refractivity (Wildman–Crippen MR) is 105 cm³/mol. The molecule has 3 rings (SSSR count). The summed E-state index contributed by atoms with van der Waals surface area (Å²) in [7, 11) is 0. The van der Waals surface area contributed by atoms with E-state index in [1.165, 1.54) is 12.4 Å². The van der Waals surface area contributed by atoms with Crippen LogP contribution in [0.15, 0.2) is 42.7 Å². The summed E-state index contributed by atoms with van der Waals surface area (Å²) in [5, 5.41) is 5.95. The molecule has 0 aliphatic rings. The van der Waals surface area contributed by atoms with Gasteiger partial charge in [0.05, 0.1) is 16.3 Å². The SMILES string of the molecule is Cc1ccc(Nc2ncnc(Nc3cc(C(F)(F)F)ccc3Cl)c2N)cc1C. The Morgan fingerprint density at radius 1 is 0.929 bits per heavy atom. The standard InChI is InChI=1S/C19H17ClF3N5/c1-10-3-5-13(7-11(10)2)27-17-16(24)18(26-9-25-17)28-15-8-12(19(21,22)23)4-6-14(15)20/h3-9H,24H2,1-2H3,(H2,25,26,27,28). The zero-order valence-corrected chi connectivity index (χ0v) is 15.8. The Labute approximate surface area is 164 Å². The van der Waals surface area contributed by atoms with Crippen LogP contribution < -0.4 is 16.4 Å². The fourth-order valence-corrected chi connectivity index (χ4v) is 2.64. The van der Waals surface area contributed by atoms with Gasteiger partial charge in [0.1, 0.15) is 12.0 Å². The Morgan fingerprint density at radius 2 is 1.61 bits per heavy atom. The van der Waals surface area contributed by atoms with E-state index in [1.54, 1.807) is 0 Å². The quantitative estimate of drug-likeness (QED) is 0.507. The van der Waals surface area contributed by atoms with E-state index in [-0.39, 0.29) is 22.2 Å². The third kappa shape index (κ3) is 4.28. The molecule has 0 amide bonds. The lowest BCUT2D eigenvalue weighted by Crippen LogP contribution is -2.08. The predicted octanol–water partition coefficient (Wildman–Crippen LogP) is 5.84. The molecule has 0 unspecified atom stereocenters. The van der Waals surface area contributed by atoms with Gasteiger partial charge >= 0.3 is 6.18 Å². The van der Waals surface area contributed by atoms with Gasteiger partial charge in [0, 0.05) is 5.69 Å². The first-order chi connectivity index (χ1) is 13.1. The van der Waals surface area contributed by atoms with Crippen molar-refractivity contribution in [2.75, 3.05) is 16.4 Å². The molecule has 0 saturated heterocycles. The summed E-state index contributed by atoms with van der Waals surface area (Å²) in [4.78, 5) is 8.12. The van der Waals surface area contributed by atoms with E-state index in [0.717, 1.165) is 28.9 Å². The van der Waals surface area contributed by atoms with Crippen LogP contribution in [0.5, 0.6) is 0 Å². The van der Waals surface area contributed by atoms with E-state index >= 15 is 0 Å². The summed E-state index contributed by atoms with van der Waals surface area (Å²) < 4.78 is 38.9. The normalized spacial score (nSPS) is 11.4. The van der Waals surface area contributed by atoms with Crippen LogP contribution in [0.4, 0.5) is 41.9 Å². The van der Waals surface area contributed by atoms with Crippen LogP contribution in [-0.4, -0.2) is 9.97 Å². The van der Waals surface area contributed by atoms with Crippen molar-refractivity contribution in [2.45, 2.75) is 20.0 Å². The van der Waals surface area contributed by atoms with E-state index in [2.05, 4.69) is 20.6 Å². The van der Waals surface area contributed by atoms with E-state index in [4.69, 9.17) is 17.3 Å². The average molecular weight is 408 g/mol. The summed E-state index contributed by atoms with van der Waals surface area (Å²) in [5.74, 6) is 0.464. The number of nitrogens with two attached hydrogens (primary N) is 1. The third-order valence-electron chi connectivity index (χ3n) is 4.20. The molecular formula is C19H17ClF3N5. The number of rotatable bonds is 4. The van der Waals surface area contributed by atoms with Crippen LogP contribution in [-0.2, 0) is 6.18 Å². The first kappa shape index (κ1) is 19.8. The minimum Gasteiger partial charge on any atom is -0.393 e. The van der Waals surface area contributed by atoms with Gasteiger partial charge in [0.15, 0.2) is 11.6 Å². The first-order valence-electron chi connectivity index (χ1n) is 8.23. The fourth-order valence-electron chi connectivity index (χ4n) is 2.48. The van der Waals surface area contributed by atoms with E-state index in [0.29, 0.717) is 5.82 Å². The Hall–Kier alpha value is -3.00. The van der Waals surface area contributed by atoms with E-state index in [9.17, 15) is 13.2 Å². The molecule has 1 heterocycles. The van der Waals surface area contributed by atoms with Crippen molar-refractivity contribution in [3.8, 4) is 0 Å². The smallest absolute Gasteiger partial charge is 0.393 e. The summed E-state index contributed by atoms with van der Waals surface area (Å²) in [5.41, 5.74) is 8.47. The van der Waals surface area contributed by atoms with Crippen molar-refractivity contribution in [1.82, 2.24) is 9.97 Å². The highest BCUT2D eigenvalue weighted by atomic mass is 35.5. The molecule has 0 bridgehead atoms. The summed E-state index contributed by atoms with van der Waals surface area (Å²) in [6.07, 6.45) is -3.24. The zero-order valence-electron chi connectivity index (χ0n) is 15.0. The first-order valence-corrected chi connectivity index (χ1v) is 8.61. The Balaban J connectivity index is 1.90. The highest BCUT2D eigenvalue weighted by Crippen LogP contribution is 2.36. The van der Waals surface area contributed by atoms with Crippen LogP contribution in [0, 0.1) is 13.8 Å². The average Bonchev–Trinajstić information content (AvgIpc) is 2.62. The van der Waals surface area contributed by atoms with Crippen LogP contribution in [0.2, 0.25) is 5.02 Å². The molecule has 1 aromatic heterocycles. The van der Waals surface area contributed by atoms with Crippen LogP contribution in [0.1, 0.15) is 16.7 Å². The largest absolute Gasteiger partial charge is 0.416 e. The molecule has 9 heteroatoms. The van der Waals surface area contributed by atoms with Gasteiger partial charge in [-0.2, -0.15) is 13.2 Å². The van der Waals surface area contributed by atoms with Crippen molar-refractivity contribution in [2.24, 2.45) is 0 Å². The van der Waals surface area contributed by atoms with Crippen molar-refractivity contribution >= 4 is 40.3 Å². The maximum absolute atomic E-state index is 13.0. The number of anilines is 5. The molecule has 0 radical (unpaired) electrons. The lowest BCUT2D eigenvalue weighted by Gasteiger charge is -2.15. The monoisotopic (exact) mass is 407 g/mol. The fraction of sp³-hybridized carbons (Fsp3) is 0.158. The van der Waals surface area contributed by atoms with E-state index in [1.807, 2.05) is 32.0 Å². The Kier molecular flexibility index (Phi) is 5.33. The second kappa shape index (κ2) is 7.55. The molecule has 0 aliphatic heterocycles. The molecule has 0 spiro atoms. The number of aromatic nitrogens is 2. The number of nitrogen functional groups attached to an aromatic ring is 1. The second-order valence-corrected chi connectivity index (χ2v) is 6.63. The highest BCUT2D eigenvalue weighted by molar-refractivity contribution is 6.33. The number of alkyl halides is 3. The molecular weight excluding hydrogens is 391 g/mol. The van der Waals surface area contributed by atoms with Crippen LogP contribution >= 0.6 is 11.6 Å². The number of halogens is 4. The molecule has 28 heavy (non-hydrogen) atoms. The second-order valence-electron chi connectivity index (χ2n) is 6.23. The number of aryl methyl sites for hydroxylation is 2. The molecule has 0 aliphatic carbocycles. The van der Waals surface area contributed by atoms with Crippen molar-refractivity contribution in [3.63, 3.8) is 0 Å². The molecule has 4 N–H and O–H groups in total. The minimum absolute atomic E-state index is 0.0408. The van der Waals surface area contributed by atoms with Gasteiger partial charge in [-0.1, -0.05) is 17.7 Å². The van der Waals surface area contributed by atoms with Crippen LogP contribution in [0.25, 0.3) is 0 Å². The van der Waals surface area contributed by atoms with Gasteiger partial charge in [-0.3, -0.25) is 0 Å². The van der Waals surface area contributed by atoms with Gasteiger partial charge in [-0.25, -0.2) is 9.97 Å². The highest BCUT2D eigenvalue weighted by Gasteiger charge is 2.31. The lowest BCUT2D eigenvalue weighted by molar-refractivity contribution is -0.137. The molecule has 0 saturated carbocycles. The summed E-state index contributed by atoms with van der Waals surface area (Å²) in [6.45, 7) is 3.98. The van der Waals surface area contributed by atoms with Gasteiger partial charge in [0.2, 0.25) is 0 Å². The molecule has 2 aromatic carbocycles. The molecule has 3 aromatic rings. The number of nitrogens with zero attached hydrogens (tertiary/aromatic N) is 2. The van der Waals surface area contributed by atoms with Crippen molar-refractivity contribution in [1.29, 1.82) is 0 Å². The number of hydrogen-bond donors (Lipinski definition) is 3. The van der Waals surface area contributed by atoms with Gasteiger partial charge < -0.3 is 16.4 Å². The molecule has 0 fully saturated rings. The maximum atomic E-state index is 13.0. The Morgan fingerprint density at radius 3 is 2.25 bits per heavy atom. The zero-order chi connectivity index (χ0) is 20.5. The number of benzene rings is 2. The van der Waals surface area contributed by atoms with Crippen molar-refractivity contribution < 1.29 is 13.2 Å². The molecule has 5 nitrogen and oxygen atoms in total. The lowest BCUT2D eigenvalue weighted by atomic mass is 10.1. The molecule has 0 atom stereocenters. The number of nitrogens with one attached hydrogen (secondary N) is 2. The van der Waals surface area contributed by atoms with Gasteiger partial charge in [0.25, 0.3) is 0 Å². The number of hydrogen-bond acceptors (Lipinski definition) is 5. The molecule has 146 valence electrons. The maximum Gasteiger partial charge on any atom is 0.416 e. The Bertz CT molecular complexity index is 1020. The topological polar surface area (TPSA) is 75.9 Å². The van der Waals surface area contributed by atoms with E-state index < -0.39 is 11.7 Å². The van der Waals surface area contributed by atoms with Crippen molar-refractivity contribution in [3.05, 3.63) is 64.4 Å². The summed E-state index contributed by atoms with van der Waals surface area (Å²) in [6, 6.07) is 8.74. The van der Waals surface area contributed by atoms with Crippen LogP contribution in [0.3, 0.4) is 0 Å².